The van der Waals surface area contributed by atoms with Crippen LogP contribution in [0.3, 0.4) is 0 Å². The Kier molecular flexibility index (Phi) is 4.62. The zero-order chi connectivity index (χ0) is 14.8. The SMILES string of the molecule is C[P+](=O)OOS(=O)(=O)c1c(F)cccc1C(F)(F)F. The van der Waals surface area contributed by atoms with Crippen LogP contribution < -0.4 is 0 Å². The third-order valence-electron chi connectivity index (χ3n) is 1.75. The lowest BCUT2D eigenvalue weighted by Crippen LogP contribution is -2.16. The van der Waals surface area contributed by atoms with Gasteiger partial charge in [0.2, 0.25) is 0 Å². The van der Waals surface area contributed by atoms with Gasteiger partial charge in [-0.3, -0.25) is 0 Å². The van der Waals surface area contributed by atoms with Gasteiger partial charge in [-0.2, -0.15) is 21.6 Å². The maximum Gasteiger partial charge on any atom is 0.537 e. The van der Waals surface area contributed by atoms with Crippen LogP contribution >= 0.6 is 8.03 Å². The van der Waals surface area contributed by atoms with Crippen LogP contribution in [0.5, 0.6) is 0 Å². The molecule has 0 bridgehead atoms. The molecule has 11 heteroatoms. The molecule has 106 valence electrons. The highest BCUT2D eigenvalue weighted by Gasteiger charge is 2.40. The largest absolute Gasteiger partial charge is 0.537 e. The van der Waals surface area contributed by atoms with Crippen LogP contribution in [0, 0.1) is 5.82 Å². The first-order valence-electron chi connectivity index (χ1n) is 4.43. The van der Waals surface area contributed by atoms with Crippen LogP contribution in [-0.2, 0) is 29.9 Å². The average Bonchev–Trinajstić information content (AvgIpc) is 2.24. The number of benzene rings is 1. The van der Waals surface area contributed by atoms with Crippen molar-refractivity contribution in [3.63, 3.8) is 0 Å². The summed E-state index contributed by atoms with van der Waals surface area (Å²) in [5, 5.41) is 0. The van der Waals surface area contributed by atoms with Crippen molar-refractivity contribution in [2.45, 2.75) is 11.1 Å². The van der Waals surface area contributed by atoms with Gasteiger partial charge in [-0.25, -0.2) is 4.39 Å². The first kappa shape index (κ1) is 16.0. The van der Waals surface area contributed by atoms with E-state index in [1.165, 1.54) is 0 Å². The molecule has 1 aromatic carbocycles. The topological polar surface area (TPSA) is 69.7 Å². The lowest BCUT2D eigenvalue weighted by molar-refractivity contribution is -0.141. The predicted octanol–water partition coefficient (Wildman–Crippen LogP) is 2.85. The van der Waals surface area contributed by atoms with Crippen molar-refractivity contribution >= 4 is 18.1 Å². The highest BCUT2D eigenvalue weighted by molar-refractivity contribution is 7.86. The lowest BCUT2D eigenvalue weighted by Gasteiger charge is -2.11. The van der Waals surface area contributed by atoms with Crippen LogP contribution in [-0.4, -0.2) is 15.1 Å². The maximum atomic E-state index is 13.3. The molecule has 1 unspecified atom stereocenters. The van der Waals surface area contributed by atoms with E-state index < -0.39 is 40.6 Å². The molecular formula is C8H6F4O5PS+. The van der Waals surface area contributed by atoms with E-state index in [-0.39, 0.29) is 0 Å². The third kappa shape index (κ3) is 3.93. The van der Waals surface area contributed by atoms with Crippen molar-refractivity contribution in [2.24, 2.45) is 0 Å². The second kappa shape index (κ2) is 5.49. The average molecular weight is 321 g/mol. The molecule has 1 aromatic rings. The fourth-order valence-electron chi connectivity index (χ4n) is 1.10. The Morgan fingerprint density at radius 2 is 1.84 bits per heavy atom. The summed E-state index contributed by atoms with van der Waals surface area (Å²) in [5.41, 5.74) is -1.75. The molecule has 0 amide bonds. The first-order chi connectivity index (χ1) is 8.55. The molecule has 0 aliphatic carbocycles. The molecule has 0 heterocycles. The third-order valence-corrected chi connectivity index (χ3v) is 3.29. The van der Waals surface area contributed by atoms with Crippen molar-refractivity contribution in [2.75, 3.05) is 6.66 Å². The van der Waals surface area contributed by atoms with Crippen molar-refractivity contribution in [3.05, 3.63) is 29.6 Å². The zero-order valence-corrected chi connectivity index (χ0v) is 10.9. The Morgan fingerprint density at radius 3 is 2.32 bits per heavy atom. The van der Waals surface area contributed by atoms with E-state index in [0.717, 1.165) is 6.66 Å². The molecule has 0 radical (unpaired) electrons. The summed E-state index contributed by atoms with van der Waals surface area (Å²) >= 11 is 0. The summed E-state index contributed by atoms with van der Waals surface area (Å²) in [4.78, 5) is -1.72. The predicted molar refractivity (Wildman–Crippen MR) is 54.3 cm³/mol. The van der Waals surface area contributed by atoms with Crippen molar-refractivity contribution < 1.29 is 39.6 Å². The van der Waals surface area contributed by atoms with E-state index in [1.54, 1.807) is 0 Å². The quantitative estimate of drug-likeness (QED) is 0.369. The Balaban J connectivity index is 3.37. The number of hydrogen-bond donors (Lipinski definition) is 0. The number of halogens is 4. The van der Waals surface area contributed by atoms with Gasteiger partial charge in [0.25, 0.3) is 0 Å². The van der Waals surface area contributed by atoms with E-state index in [4.69, 9.17) is 0 Å². The van der Waals surface area contributed by atoms with Crippen LogP contribution in [0.4, 0.5) is 17.6 Å². The van der Waals surface area contributed by atoms with Gasteiger partial charge in [-0.15, -0.1) is 0 Å². The molecular weight excluding hydrogens is 315 g/mol. The smallest absolute Gasteiger partial charge is 0.205 e. The molecule has 19 heavy (non-hydrogen) atoms. The van der Waals surface area contributed by atoms with Crippen molar-refractivity contribution in [1.29, 1.82) is 0 Å². The zero-order valence-electron chi connectivity index (χ0n) is 9.14. The molecule has 1 atom stereocenters. The molecule has 0 saturated heterocycles. The van der Waals surface area contributed by atoms with Gasteiger partial charge in [0.1, 0.15) is 10.7 Å². The first-order valence-corrected chi connectivity index (χ1v) is 7.47. The molecule has 0 aliphatic heterocycles. The summed E-state index contributed by atoms with van der Waals surface area (Å²) < 4.78 is 91.8. The Labute approximate surface area is 106 Å². The Bertz CT molecular complexity index is 598. The molecule has 0 aliphatic rings. The van der Waals surface area contributed by atoms with Gasteiger partial charge in [-0.1, -0.05) is 10.4 Å². The van der Waals surface area contributed by atoms with Gasteiger partial charge in [0.05, 0.1) is 5.56 Å². The van der Waals surface area contributed by atoms with Crippen molar-refractivity contribution in [3.8, 4) is 0 Å². The second-order valence-electron chi connectivity index (χ2n) is 3.15. The minimum absolute atomic E-state index is 0.366. The molecule has 0 aromatic heterocycles. The molecule has 0 spiro atoms. The summed E-state index contributed by atoms with van der Waals surface area (Å²) in [5.74, 6) is -1.66. The summed E-state index contributed by atoms with van der Waals surface area (Å²) in [6.07, 6.45) is -5.11. The standard InChI is InChI=1S/C8H6F4O5PS/c1-18(13)16-17-19(14,15)7-5(8(10,11)12)3-2-4-6(7)9/h2-4H,1H3/q+1. The fraction of sp³-hybridized carbons (Fsp3) is 0.250. The molecule has 5 nitrogen and oxygen atoms in total. The van der Waals surface area contributed by atoms with Crippen molar-refractivity contribution in [1.82, 2.24) is 0 Å². The minimum Gasteiger partial charge on any atom is -0.205 e. The summed E-state index contributed by atoms with van der Waals surface area (Å²) in [6.45, 7) is 0.900. The summed E-state index contributed by atoms with van der Waals surface area (Å²) in [7, 11) is -7.76. The van der Waals surface area contributed by atoms with Gasteiger partial charge >= 0.3 is 24.3 Å². The van der Waals surface area contributed by atoms with Crippen LogP contribution in [0.2, 0.25) is 0 Å². The normalized spacial score (nSPS) is 13.4. The van der Waals surface area contributed by atoms with E-state index in [1.807, 2.05) is 0 Å². The van der Waals surface area contributed by atoms with Gasteiger partial charge < -0.3 is 0 Å². The number of alkyl halides is 3. The lowest BCUT2D eigenvalue weighted by atomic mass is 10.2. The van der Waals surface area contributed by atoms with E-state index >= 15 is 0 Å². The van der Waals surface area contributed by atoms with Gasteiger partial charge in [0, 0.05) is 4.67 Å². The van der Waals surface area contributed by atoms with E-state index in [2.05, 4.69) is 9.01 Å². The molecule has 0 fully saturated rings. The molecule has 1 rings (SSSR count). The Morgan fingerprint density at radius 1 is 1.26 bits per heavy atom. The fourth-order valence-corrected chi connectivity index (χ4v) is 2.59. The van der Waals surface area contributed by atoms with Crippen LogP contribution in [0.1, 0.15) is 5.56 Å². The van der Waals surface area contributed by atoms with Gasteiger partial charge in [-0.05, 0) is 16.7 Å². The van der Waals surface area contributed by atoms with Crippen LogP contribution in [0.15, 0.2) is 23.1 Å². The highest BCUT2D eigenvalue weighted by atomic mass is 32.2. The van der Waals surface area contributed by atoms with Crippen LogP contribution in [0.25, 0.3) is 0 Å². The Hall–Kier alpha value is -1.09. The minimum atomic E-state index is -5.20. The number of hydrogen-bond acceptors (Lipinski definition) is 5. The maximum absolute atomic E-state index is 13.3. The van der Waals surface area contributed by atoms with E-state index in [9.17, 15) is 30.5 Å². The monoisotopic (exact) mass is 321 g/mol. The summed E-state index contributed by atoms with van der Waals surface area (Å²) in [6, 6.07) is 1.57. The van der Waals surface area contributed by atoms with E-state index in [0.29, 0.717) is 18.2 Å². The second-order valence-corrected chi connectivity index (χ2v) is 5.63. The van der Waals surface area contributed by atoms with Gasteiger partial charge in [0.15, 0.2) is 6.66 Å². The molecule has 0 N–H and O–H groups in total. The number of rotatable bonds is 4. The highest BCUT2D eigenvalue weighted by Crippen LogP contribution is 2.36. The molecule has 0 saturated carbocycles.